The number of rotatable bonds is 2. The number of aliphatic imine (C=N–C) groups is 1. The van der Waals surface area contributed by atoms with Crippen LogP contribution < -0.4 is 5.73 Å². The standard InChI is InChI=1S/C10H10Cl2N2.ClH/c1-7(13)14-5-4-8-2-3-9(11)6-10(8)12;/h2-6H,1H3,(H2,13,14);1H/b5-4+;. The molecule has 0 atom stereocenters. The predicted octanol–water partition coefficient (Wildman–Crippen LogP) is 3.76. The van der Waals surface area contributed by atoms with Crippen molar-refractivity contribution in [2.75, 3.05) is 0 Å². The maximum atomic E-state index is 5.93. The van der Waals surface area contributed by atoms with Crippen LogP contribution in [-0.2, 0) is 0 Å². The molecule has 0 unspecified atom stereocenters. The van der Waals surface area contributed by atoms with Gasteiger partial charge in [0.25, 0.3) is 0 Å². The zero-order chi connectivity index (χ0) is 10.6. The van der Waals surface area contributed by atoms with Crippen LogP contribution in [0.1, 0.15) is 12.5 Å². The van der Waals surface area contributed by atoms with Crippen molar-refractivity contribution in [2.24, 2.45) is 10.7 Å². The van der Waals surface area contributed by atoms with Gasteiger partial charge < -0.3 is 5.73 Å². The molecule has 2 nitrogen and oxygen atoms in total. The van der Waals surface area contributed by atoms with Gasteiger partial charge in [0, 0.05) is 16.2 Å². The van der Waals surface area contributed by atoms with Crippen LogP contribution in [0.15, 0.2) is 29.4 Å². The Hall–Kier alpha value is -0.700. The van der Waals surface area contributed by atoms with Gasteiger partial charge in [-0.25, -0.2) is 4.99 Å². The van der Waals surface area contributed by atoms with Crippen molar-refractivity contribution in [3.63, 3.8) is 0 Å². The van der Waals surface area contributed by atoms with Gasteiger partial charge in [0.2, 0.25) is 0 Å². The van der Waals surface area contributed by atoms with E-state index in [0.717, 1.165) is 5.56 Å². The average Bonchev–Trinajstić information content (AvgIpc) is 2.08. The Balaban J connectivity index is 0.00000196. The Morgan fingerprint density at radius 1 is 1.40 bits per heavy atom. The summed E-state index contributed by atoms with van der Waals surface area (Å²) >= 11 is 11.7. The lowest BCUT2D eigenvalue weighted by Crippen LogP contribution is -2.03. The molecule has 1 rings (SSSR count). The van der Waals surface area contributed by atoms with Gasteiger partial charge in [-0.2, -0.15) is 0 Å². The molecule has 0 amide bonds. The summed E-state index contributed by atoms with van der Waals surface area (Å²) in [5.41, 5.74) is 6.23. The van der Waals surface area contributed by atoms with E-state index < -0.39 is 0 Å². The first-order valence-corrected chi connectivity index (χ1v) is 4.76. The maximum absolute atomic E-state index is 5.93. The van der Waals surface area contributed by atoms with Crippen molar-refractivity contribution in [3.05, 3.63) is 40.0 Å². The minimum Gasteiger partial charge on any atom is -0.387 e. The third-order valence-electron chi connectivity index (χ3n) is 1.49. The number of hydrogen-bond acceptors (Lipinski definition) is 1. The lowest BCUT2D eigenvalue weighted by Gasteiger charge is -1.97. The van der Waals surface area contributed by atoms with E-state index in [1.165, 1.54) is 0 Å². The van der Waals surface area contributed by atoms with Crippen LogP contribution in [0.25, 0.3) is 6.08 Å². The largest absolute Gasteiger partial charge is 0.387 e. The monoisotopic (exact) mass is 264 g/mol. The summed E-state index contributed by atoms with van der Waals surface area (Å²) in [6.45, 7) is 1.72. The quantitative estimate of drug-likeness (QED) is 0.642. The summed E-state index contributed by atoms with van der Waals surface area (Å²) in [7, 11) is 0. The van der Waals surface area contributed by atoms with E-state index in [2.05, 4.69) is 4.99 Å². The minimum atomic E-state index is 0. The number of nitrogens with two attached hydrogens (primary N) is 1. The van der Waals surface area contributed by atoms with Gasteiger partial charge >= 0.3 is 0 Å². The van der Waals surface area contributed by atoms with Crippen molar-refractivity contribution >= 4 is 47.5 Å². The van der Waals surface area contributed by atoms with Gasteiger partial charge in [-0.3, -0.25) is 0 Å². The SMILES string of the molecule is CC(N)=N/C=C/c1ccc(Cl)cc1Cl.Cl. The van der Waals surface area contributed by atoms with Crippen molar-refractivity contribution in [1.82, 2.24) is 0 Å². The minimum absolute atomic E-state index is 0. The summed E-state index contributed by atoms with van der Waals surface area (Å²) < 4.78 is 0. The van der Waals surface area contributed by atoms with Gasteiger partial charge in [-0.15, -0.1) is 12.4 Å². The fourth-order valence-electron chi connectivity index (χ4n) is 0.872. The molecule has 0 bridgehead atoms. The van der Waals surface area contributed by atoms with E-state index in [9.17, 15) is 0 Å². The zero-order valence-corrected chi connectivity index (χ0v) is 10.4. The van der Waals surface area contributed by atoms with Gasteiger partial charge in [0.1, 0.15) is 0 Å². The Morgan fingerprint density at radius 2 is 2.07 bits per heavy atom. The molecule has 1 aromatic carbocycles. The second-order valence-corrected chi connectivity index (χ2v) is 3.60. The van der Waals surface area contributed by atoms with Crippen molar-refractivity contribution in [2.45, 2.75) is 6.92 Å². The van der Waals surface area contributed by atoms with E-state index in [0.29, 0.717) is 15.9 Å². The summed E-state index contributed by atoms with van der Waals surface area (Å²) in [6.07, 6.45) is 3.37. The van der Waals surface area contributed by atoms with Gasteiger partial charge in [0.05, 0.1) is 5.84 Å². The Labute approximate surface area is 105 Å². The first-order chi connectivity index (χ1) is 6.59. The van der Waals surface area contributed by atoms with E-state index in [4.69, 9.17) is 28.9 Å². The van der Waals surface area contributed by atoms with E-state index in [1.807, 2.05) is 6.07 Å². The van der Waals surface area contributed by atoms with Crippen LogP contribution in [0.4, 0.5) is 0 Å². The molecule has 5 heteroatoms. The molecule has 0 saturated heterocycles. The molecule has 0 saturated carbocycles. The van der Waals surface area contributed by atoms with Crippen LogP contribution in [-0.4, -0.2) is 5.84 Å². The van der Waals surface area contributed by atoms with E-state index in [-0.39, 0.29) is 12.4 Å². The number of hydrogen-bond donors (Lipinski definition) is 1. The summed E-state index contributed by atoms with van der Waals surface area (Å²) in [4.78, 5) is 3.91. The van der Waals surface area contributed by atoms with Gasteiger partial charge in [0.15, 0.2) is 0 Å². The third-order valence-corrected chi connectivity index (χ3v) is 2.06. The van der Waals surface area contributed by atoms with Crippen molar-refractivity contribution in [1.29, 1.82) is 0 Å². The fourth-order valence-corrected chi connectivity index (χ4v) is 1.34. The second-order valence-electron chi connectivity index (χ2n) is 2.75. The zero-order valence-electron chi connectivity index (χ0n) is 8.08. The molecule has 0 aliphatic carbocycles. The molecule has 0 fully saturated rings. The molecule has 0 aromatic heterocycles. The molecule has 0 heterocycles. The molecular weight excluding hydrogens is 254 g/mol. The predicted molar refractivity (Wildman–Crippen MR) is 70.0 cm³/mol. The molecule has 1 aromatic rings. The number of halogens is 3. The highest BCUT2D eigenvalue weighted by atomic mass is 35.5. The average molecular weight is 266 g/mol. The summed E-state index contributed by atoms with van der Waals surface area (Å²) in [5.74, 6) is 0.506. The molecule has 0 aliphatic rings. The molecule has 2 N–H and O–H groups in total. The van der Waals surface area contributed by atoms with E-state index in [1.54, 1.807) is 31.3 Å². The smallest absolute Gasteiger partial charge is 0.0957 e. The second kappa shape index (κ2) is 6.72. The van der Waals surface area contributed by atoms with Gasteiger partial charge in [-0.1, -0.05) is 29.3 Å². The Kier molecular flexibility index (Phi) is 6.41. The molecule has 15 heavy (non-hydrogen) atoms. The van der Waals surface area contributed by atoms with Crippen molar-refractivity contribution < 1.29 is 0 Å². The number of nitrogens with zero attached hydrogens (tertiary/aromatic N) is 1. The van der Waals surface area contributed by atoms with Crippen LogP contribution in [0.5, 0.6) is 0 Å². The van der Waals surface area contributed by atoms with Crippen molar-refractivity contribution in [3.8, 4) is 0 Å². The summed E-state index contributed by atoms with van der Waals surface area (Å²) in [6, 6.07) is 5.27. The molecule has 0 spiro atoms. The van der Waals surface area contributed by atoms with E-state index >= 15 is 0 Å². The van der Waals surface area contributed by atoms with Crippen LogP contribution in [0.3, 0.4) is 0 Å². The lowest BCUT2D eigenvalue weighted by atomic mass is 10.2. The maximum Gasteiger partial charge on any atom is 0.0957 e. The number of amidine groups is 1. The summed E-state index contributed by atoms with van der Waals surface area (Å²) in [5, 5.41) is 1.21. The molecule has 82 valence electrons. The van der Waals surface area contributed by atoms with Crippen LogP contribution in [0.2, 0.25) is 10.0 Å². The normalized spacial score (nSPS) is 11.5. The van der Waals surface area contributed by atoms with Gasteiger partial charge in [-0.05, 0) is 30.7 Å². The van der Waals surface area contributed by atoms with Crippen LogP contribution >= 0.6 is 35.6 Å². The number of benzene rings is 1. The molecule has 0 radical (unpaired) electrons. The fraction of sp³-hybridized carbons (Fsp3) is 0.100. The molecule has 0 aliphatic heterocycles. The Morgan fingerprint density at radius 3 is 2.60 bits per heavy atom. The molecular formula is C10H11Cl3N2. The Bertz CT molecular complexity index is 382. The topological polar surface area (TPSA) is 38.4 Å². The van der Waals surface area contributed by atoms with Crippen LogP contribution in [0, 0.1) is 0 Å². The third kappa shape index (κ3) is 5.07. The lowest BCUT2D eigenvalue weighted by molar-refractivity contribution is 1.48. The first kappa shape index (κ1) is 14.3. The highest BCUT2D eigenvalue weighted by Crippen LogP contribution is 2.21. The highest BCUT2D eigenvalue weighted by molar-refractivity contribution is 6.35. The first-order valence-electron chi connectivity index (χ1n) is 4.01. The highest BCUT2D eigenvalue weighted by Gasteiger charge is 1.96.